The molecule has 88 valence electrons. The minimum Gasteiger partial charge on any atom is -0.481 e. The zero-order valence-corrected chi connectivity index (χ0v) is 9.79. The molecule has 0 aliphatic heterocycles. The lowest BCUT2D eigenvalue weighted by atomic mass is 9.88. The maximum absolute atomic E-state index is 10.8. The number of carboxylic acid groups (broad SMARTS) is 1. The summed E-state index contributed by atoms with van der Waals surface area (Å²) in [5.74, 6) is -0.719. The van der Waals surface area contributed by atoms with Crippen molar-refractivity contribution in [3.63, 3.8) is 0 Å². The van der Waals surface area contributed by atoms with Gasteiger partial charge in [-0.05, 0) is 39.5 Å². The standard InChI is InChI=1S/C12H22O3/c1-12(2,11(13)14)8-5-9-15-10-6-3-4-7-10/h10H,3-9H2,1-2H3,(H,13,14). The summed E-state index contributed by atoms with van der Waals surface area (Å²) in [5.41, 5.74) is -0.612. The Morgan fingerprint density at radius 3 is 2.53 bits per heavy atom. The minimum absolute atomic E-state index is 0.443. The first kappa shape index (κ1) is 12.5. The van der Waals surface area contributed by atoms with Crippen molar-refractivity contribution in [2.45, 2.75) is 58.5 Å². The van der Waals surface area contributed by atoms with Crippen molar-refractivity contribution in [1.82, 2.24) is 0 Å². The van der Waals surface area contributed by atoms with Crippen LogP contribution in [0.25, 0.3) is 0 Å². The van der Waals surface area contributed by atoms with Crippen LogP contribution in [0.1, 0.15) is 52.4 Å². The van der Waals surface area contributed by atoms with Gasteiger partial charge in [-0.2, -0.15) is 0 Å². The Balaban J connectivity index is 2.08. The number of hydrogen-bond donors (Lipinski definition) is 1. The molecule has 1 fully saturated rings. The third-order valence-electron chi connectivity index (χ3n) is 3.18. The van der Waals surface area contributed by atoms with E-state index in [1.54, 1.807) is 13.8 Å². The molecule has 1 aliphatic carbocycles. The molecule has 1 aliphatic rings. The fraction of sp³-hybridized carbons (Fsp3) is 0.917. The minimum atomic E-state index is -0.719. The van der Waals surface area contributed by atoms with Crippen LogP contribution in [-0.2, 0) is 9.53 Å². The van der Waals surface area contributed by atoms with E-state index in [9.17, 15) is 4.79 Å². The molecule has 3 nitrogen and oxygen atoms in total. The van der Waals surface area contributed by atoms with E-state index in [1.165, 1.54) is 25.7 Å². The summed E-state index contributed by atoms with van der Waals surface area (Å²) in [6.07, 6.45) is 6.91. The molecule has 15 heavy (non-hydrogen) atoms. The molecule has 0 atom stereocenters. The number of carboxylic acids is 1. The molecular formula is C12H22O3. The third-order valence-corrected chi connectivity index (χ3v) is 3.18. The Kier molecular flexibility index (Phi) is 4.58. The highest BCUT2D eigenvalue weighted by Gasteiger charge is 2.26. The van der Waals surface area contributed by atoms with Crippen LogP contribution in [0.3, 0.4) is 0 Å². The van der Waals surface area contributed by atoms with Gasteiger partial charge in [-0.15, -0.1) is 0 Å². The highest BCUT2D eigenvalue weighted by molar-refractivity contribution is 5.73. The molecule has 0 aromatic rings. The third kappa shape index (κ3) is 4.20. The molecule has 0 amide bonds. The van der Waals surface area contributed by atoms with Crippen molar-refractivity contribution in [3.8, 4) is 0 Å². The van der Waals surface area contributed by atoms with Gasteiger partial charge in [0.05, 0.1) is 11.5 Å². The van der Waals surface area contributed by atoms with E-state index in [-0.39, 0.29) is 0 Å². The maximum Gasteiger partial charge on any atom is 0.309 e. The Labute approximate surface area is 91.8 Å². The normalized spacial score (nSPS) is 18.3. The van der Waals surface area contributed by atoms with Crippen LogP contribution < -0.4 is 0 Å². The smallest absolute Gasteiger partial charge is 0.309 e. The molecule has 0 bridgehead atoms. The quantitative estimate of drug-likeness (QED) is 0.691. The monoisotopic (exact) mass is 214 g/mol. The fourth-order valence-corrected chi connectivity index (χ4v) is 1.93. The van der Waals surface area contributed by atoms with Crippen molar-refractivity contribution in [3.05, 3.63) is 0 Å². The van der Waals surface area contributed by atoms with Crippen LogP contribution in [0.4, 0.5) is 0 Å². The zero-order valence-electron chi connectivity index (χ0n) is 9.79. The molecule has 1 saturated carbocycles. The topological polar surface area (TPSA) is 46.5 Å². The van der Waals surface area contributed by atoms with E-state index < -0.39 is 11.4 Å². The summed E-state index contributed by atoms with van der Waals surface area (Å²) in [6.45, 7) is 4.25. The number of rotatable bonds is 6. The van der Waals surface area contributed by atoms with Gasteiger partial charge in [0.25, 0.3) is 0 Å². The van der Waals surface area contributed by atoms with Crippen LogP contribution in [0, 0.1) is 5.41 Å². The van der Waals surface area contributed by atoms with Gasteiger partial charge >= 0.3 is 5.97 Å². The predicted molar refractivity (Wildman–Crippen MR) is 58.9 cm³/mol. The van der Waals surface area contributed by atoms with E-state index in [0.29, 0.717) is 19.1 Å². The first-order valence-corrected chi connectivity index (χ1v) is 5.87. The Hall–Kier alpha value is -0.570. The van der Waals surface area contributed by atoms with E-state index in [4.69, 9.17) is 9.84 Å². The first-order valence-electron chi connectivity index (χ1n) is 5.87. The van der Waals surface area contributed by atoms with Crippen molar-refractivity contribution < 1.29 is 14.6 Å². The van der Waals surface area contributed by atoms with Gasteiger partial charge in [0.15, 0.2) is 0 Å². The van der Waals surface area contributed by atoms with E-state index >= 15 is 0 Å². The van der Waals surface area contributed by atoms with Gasteiger partial charge in [0, 0.05) is 6.61 Å². The number of ether oxygens (including phenoxy) is 1. The summed E-state index contributed by atoms with van der Waals surface area (Å²) >= 11 is 0. The second kappa shape index (κ2) is 5.50. The molecule has 3 heteroatoms. The van der Waals surface area contributed by atoms with Gasteiger partial charge in [0.2, 0.25) is 0 Å². The molecule has 0 heterocycles. The van der Waals surface area contributed by atoms with Crippen molar-refractivity contribution in [2.75, 3.05) is 6.61 Å². The molecule has 0 aromatic carbocycles. The molecule has 0 radical (unpaired) electrons. The molecule has 1 rings (SSSR count). The first-order chi connectivity index (χ1) is 7.02. The van der Waals surface area contributed by atoms with E-state index in [2.05, 4.69) is 0 Å². The van der Waals surface area contributed by atoms with Gasteiger partial charge in [-0.25, -0.2) is 0 Å². The van der Waals surface area contributed by atoms with E-state index in [1.807, 2.05) is 0 Å². The lowest BCUT2D eigenvalue weighted by Gasteiger charge is -2.19. The zero-order chi connectivity index (χ0) is 11.3. The van der Waals surface area contributed by atoms with Crippen LogP contribution in [-0.4, -0.2) is 23.8 Å². The highest BCUT2D eigenvalue weighted by atomic mass is 16.5. The van der Waals surface area contributed by atoms with Crippen molar-refractivity contribution in [1.29, 1.82) is 0 Å². The number of hydrogen-bond acceptors (Lipinski definition) is 2. The average molecular weight is 214 g/mol. The van der Waals surface area contributed by atoms with E-state index in [0.717, 1.165) is 6.42 Å². The Morgan fingerprint density at radius 2 is 2.00 bits per heavy atom. The van der Waals surface area contributed by atoms with Crippen LogP contribution in [0.2, 0.25) is 0 Å². The summed E-state index contributed by atoms with van der Waals surface area (Å²) in [6, 6.07) is 0. The van der Waals surface area contributed by atoms with Crippen LogP contribution >= 0.6 is 0 Å². The average Bonchev–Trinajstić information content (AvgIpc) is 2.64. The van der Waals surface area contributed by atoms with Gasteiger partial charge in [0.1, 0.15) is 0 Å². The Morgan fingerprint density at radius 1 is 1.40 bits per heavy atom. The SMILES string of the molecule is CC(C)(CCCOC1CCCC1)C(=O)O. The Bertz CT molecular complexity index is 205. The van der Waals surface area contributed by atoms with Gasteiger partial charge in [-0.1, -0.05) is 12.8 Å². The van der Waals surface area contributed by atoms with Gasteiger partial charge < -0.3 is 9.84 Å². The fourth-order valence-electron chi connectivity index (χ4n) is 1.93. The molecule has 0 aromatic heterocycles. The largest absolute Gasteiger partial charge is 0.481 e. The predicted octanol–water partition coefficient (Wildman–Crippen LogP) is 2.84. The molecule has 0 unspecified atom stereocenters. The maximum atomic E-state index is 10.8. The van der Waals surface area contributed by atoms with Crippen molar-refractivity contribution in [2.24, 2.45) is 5.41 Å². The number of carbonyl (C=O) groups is 1. The summed E-state index contributed by atoms with van der Waals surface area (Å²) in [5, 5.41) is 8.91. The summed E-state index contributed by atoms with van der Waals surface area (Å²) in [7, 11) is 0. The number of aliphatic carboxylic acids is 1. The lowest BCUT2D eigenvalue weighted by Crippen LogP contribution is -2.24. The highest BCUT2D eigenvalue weighted by Crippen LogP contribution is 2.24. The van der Waals surface area contributed by atoms with Crippen LogP contribution in [0.15, 0.2) is 0 Å². The molecular weight excluding hydrogens is 192 g/mol. The van der Waals surface area contributed by atoms with Crippen molar-refractivity contribution >= 4 is 5.97 Å². The second-order valence-corrected chi connectivity index (χ2v) is 5.07. The molecule has 0 saturated heterocycles. The molecule has 1 N–H and O–H groups in total. The van der Waals surface area contributed by atoms with Crippen LogP contribution in [0.5, 0.6) is 0 Å². The van der Waals surface area contributed by atoms with Gasteiger partial charge in [-0.3, -0.25) is 4.79 Å². The lowest BCUT2D eigenvalue weighted by molar-refractivity contribution is -0.147. The molecule has 0 spiro atoms. The summed E-state index contributed by atoms with van der Waals surface area (Å²) < 4.78 is 5.69. The second-order valence-electron chi connectivity index (χ2n) is 5.07. The summed E-state index contributed by atoms with van der Waals surface area (Å²) in [4.78, 5) is 10.8.